The SMILES string of the molecule is O=C(O)/C=C/c1cnc(Cl)cn1. The van der Waals surface area contributed by atoms with Crippen LogP contribution in [0.1, 0.15) is 5.69 Å². The molecule has 0 fully saturated rings. The Balaban J connectivity index is 2.77. The summed E-state index contributed by atoms with van der Waals surface area (Å²) in [4.78, 5) is 17.6. The van der Waals surface area contributed by atoms with Crippen molar-refractivity contribution in [2.45, 2.75) is 0 Å². The van der Waals surface area contributed by atoms with E-state index in [2.05, 4.69) is 9.97 Å². The molecule has 0 radical (unpaired) electrons. The number of halogens is 1. The Kier molecular flexibility index (Phi) is 2.76. The van der Waals surface area contributed by atoms with E-state index in [-0.39, 0.29) is 5.15 Å². The van der Waals surface area contributed by atoms with Crippen LogP contribution in [0, 0.1) is 0 Å². The van der Waals surface area contributed by atoms with Gasteiger partial charge in [0.2, 0.25) is 0 Å². The van der Waals surface area contributed by atoms with Gasteiger partial charge in [-0.15, -0.1) is 0 Å². The maximum Gasteiger partial charge on any atom is 0.328 e. The Morgan fingerprint density at radius 3 is 2.75 bits per heavy atom. The molecule has 4 nitrogen and oxygen atoms in total. The van der Waals surface area contributed by atoms with E-state index in [1.807, 2.05) is 0 Å². The number of aromatic nitrogens is 2. The van der Waals surface area contributed by atoms with E-state index in [0.717, 1.165) is 6.08 Å². The third kappa shape index (κ3) is 2.67. The van der Waals surface area contributed by atoms with Crippen LogP contribution in [-0.4, -0.2) is 21.0 Å². The van der Waals surface area contributed by atoms with Crippen molar-refractivity contribution in [2.75, 3.05) is 0 Å². The van der Waals surface area contributed by atoms with Gasteiger partial charge in [-0.1, -0.05) is 11.6 Å². The van der Waals surface area contributed by atoms with E-state index in [1.54, 1.807) is 0 Å². The van der Waals surface area contributed by atoms with E-state index in [1.165, 1.54) is 18.5 Å². The normalized spacial score (nSPS) is 10.4. The summed E-state index contributed by atoms with van der Waals surface area (Å²) in [5, 5.41) is 8.55. The van der Waals surface area contributed by atoms with E-state index in [4.69, 9.17) is 16.7 Å². The van der Waals surface area contributed by atoms with Gasteiger partial charge in [-0.05, 0) is 6.08 Å². The molecular formula is C7H5ClN2O2. The van der Waals surface area contributed by atoms with Gasteiger partial charge in [0.25, 0.3) is 0 Å². The van der Waals surface area contributed by atoms with Crippen molar-refractivity contribution in [1.82, 2.24) is 9.97 Å². The zero-order valence-electron chi connectivity index (χ0n) is 5.94. The predicted octanol–water partition coefficient (Wildman–Crippen LogP) is 1.23. The highest BCUT2D eigenvalue weighted by molar-refractivity contribution is 6.29. The summed E-state index contributed by atoms with van der Waals surface area (Å²) >= 11 is 5.46. The molecule has 62 valence electrons. The summed E-state index contributed by atoms with van der Waals surface area (Å²) in [7, 11) is 0. The third-order valence-electron chi connectivity index (χ3n) is 1.04. The second-order valence-electron chi connectivity index (χ2n) is 1.94. The molecule has 0 unspecified atom stereocenters. The summed E-state index contributed by atoms with van der Waals surface area (Å²) in [6.45, 7) is 0. The molecule has 12 heavy (non-hydrogen) atoms. The average Bonchev–Trinajstić information content (AvgIpc) is 2.03. The Bertz CT molecular complexity index is 308. The van der Waals surface area contributed by atoms with Crippen molar-refractivity contribution in [2.24, 2.45) is 0 Å². The van der Waals surface area contributed by atoms with Crippen molar-refractivity contribution in [1.29, 1.82) is 0 Å². The van der Waals surface area contributed by atoms with Gasteiger partial charge < -0.3 is 5.11 Å². The summed E-state index contributed by atoms with van der Waals surface area (Å²) < 4.78 is 0. The summed E-state index contributed by atoms with van der Waals surface area (Å²) in [6.07, 6.45) is 5.06. The minimum Gasteiger partial charge on any atom is -0.478 e. The molecule has 5 heteroatoms. The average molecular weight is 185 g/mol. The molecule has 0 bridgehead atoms. The van der Waals surface area contributed by atoms with Crippen molar-refractivity contribution in [3.63, 3.8) is 0 Å². The maximum atomic E-state index is 10.1. The Morgan fingerprint density at radius 2 is 2.25 bits per heavy atom. The Hall–Kier alpha value is -1.42. The van der Waals surface area contributed by atoms with Crippen LogP contribution in [0.3, 0.4) is 0 Å². The highest BCUT2D eigenvalue weighted by Gasteiger charge is 1.91. The minimum atomic E-state index is -1.02. The standard InChI is InChI=1S/C7H5ClN2O2/c8-6-4-9-5(3-10-6)1-2-7(11)12/h1-4H,(H,11,12)/b2-1+. The number of rotatable bonds is 2. The zero-order valence-corrected chi connectivity index (χ0v) is 6.69. The topological polar surface area (TPSA) is 63.1 Å². The molecule has 1 rings (SSSR count). The lowest BCUT2D eigenvalue weighted by Crippen LogP contribution is -1.88. The number of hydrogen-bond acceptors (Lipinski definition) is 3. The molecule has 0 atom stereocenters. The Labute approximate surface area is 73.5 Å². The molecule has 1 aromatic rings. The highest BCUT2D eigenvalue weighted by Crippen LogP contribution is 2.02. The summed E-state index contributed by atoms with van der Waals surface area (Å²) in [6, 6.07) is 0. The lowest BCUT2D eigenvalue weighted by atomic mass is 10.4. The van der Waals surface area contributed by atoms with Crippen LogP contribution in [0.25, 0.3) is 6.08 Å². The number of aliphatic carboxylic acids is 1. The van der Waals surface area contributed by atoms with Crippen molar-refractivity contribution < 1.29 is 9.90 Å². The van der Waals surface area contributed by atoms with E-state index in [0.29, 0.717) is 5.69 Å². The number of carbonyl (C=O) groups is 1. The fraction of sp³-hybridized carbons (Fsp3) is 0. The second kappa shape index (κ2) is 3.82. The van der Waals surface area contributed by atoms with Gasteiger partial charge in [-0.3, -0.25) is 4.98 Å². The van der Waals surface area contributed by atoms with Gasteiger partial charge in [0, 0.05) is 6.08 Å². The number of nitrogens with zero attached hydrogens (tertiary/aromatic N) is 2. The molecule has 0 saturated heterocycles. The first-order valence-electron chi connectivity index (χ1n) is 3.07. The molecule has 0 aliphatic carbocycles. The van der Waals surface area contributed by atoms with Crippen LogP contribution < -0.4 is 0 Å². The van der Waals surface area contributed by atoms with Crippen LogP contribution in [0.5, 0.6) is 0 Å². The molecule has 0 aliphatic rings. The first-order valence-corrected chi connectivity index (χ1v) is 3.45. The number of carboxylic acids is 1. The molecular weight excluding hydrogens is 180 g/mol. The molecule has 1 N–H and O–H groups in total. The molecule has 1 aromatic heterocycles. The van der Waals surface area contributed by atoms with Crippen molar-refractivity contribution >= 4 is 23.6 Å². The minimum absolute atomic E-state index is 0.280. The van der Waals surface area contributed by atoms with Gasteiger partial charge in [0.15, 0.2) is 0 Å². The zero-order chi connectivity index (χ0) is 8.97. The predicted molar refractivity (Wildman–Crippen MR) is 43.7 cm³/mol. The van der Waals surface area contributed by atoms with Crippen LogP contribution >= 0.6 is 11.6 Å². The lowest BCUT2D eigenvalue weighted by molar-refractivity contribution is -0.131. The quantitative estimate of drug-likeness (QED) is 0.703. The van der Waals surface area contributed by atoms with Gasteiger partial charge in [0.1, 0.15) is 5.15 Å². The first kappa shape index (κ1) is 8.67. The van der Waals surface area contributed by atoms with Gasteiger partial charge in [0.05, 0.1) is 18.1 Å². The van der Waals surface area contributed by atoms with Crippen LogP contribution in [-0.2, 0) is 4.79 Å². The van der Waals surface area contributed by atoms with Crippen LogP contribution in [0.4, 0.5) is 0 Å². The first-order chi connectivity index (χ1) is 5.68. The fourth-order valence-electron chi connectivity index (χ4n) is 0.565. The van der Waals surface area contributed by atoms with Crippen molar-refractivity contribution in [3.8, 4) is 0 Å². The van der Waals surface area contributed by atoms with E-state index >= 15 is 0 Å². The fourth-order valence-corrected chi connectivity index (χ4v) is 0.663. The molecule has 1 heterocycles. The number of carboxylic acid groups (broad SMARTS) is 1. The number of hydrogen-bond donors (Lipinski definition) is 1. The van der Waals surface area contributed by atoms with E-state index in [9.17, 15) is 4.79 Å². The summed E-state index contributed by atoms with van der Waals surface area (Å²) in [5.74, 6) is -1.02. The monoisotopic (exact) mass is 184 g/mol. The molecule has 0 saturated carbocycles. The highest BCUT2D eigenvalue weighted by atomic mass is 35.5. The molecule has 0 spiro atoms. The van der Waals surface area contributed by atoms with Gasteiger partial charge in [-0.2, -0.15) is 0 Å². The Morgan fingerprint density at radius 1 is 1.50 bits per heavy atom. The van der Waals surface area contributed by atoms with Crippen molar-refractivity contribution in [3.05, 3.63) is 29.3 Å². The van der Waals surface area contributed by atoms with Crippen LogP contribution in [0.2, 0.25) is 5.15 Å². The third-order valence-corrected chi connectivity index (χ3v) is 1.23. The van der Waals surface area contributed by atoms with E-state index < -0.39 is 5.97 Å². The summed E-state index contributed by atoms with van der Waals surface area (Å²) in [5.41, 5.74) is 0.460. The molecule has 0 amide bonds. The van der Waals surface area contributed by atoms with Gasteiger partial charge in [-0.25, -0.2) is 9.78 Å². The largest absolute Gasteiger partial charge is 0.478 e. The molecule has 0 aliphatic heterocycles. The smallest absolute Gasteiger partial charge is 0.328 e. The van der Waals surface area contributed by atoms with Crippen LogP contribution in [0.15, 0.2) is 18.5 Å². The molecule has 0 aromatic carbocycles. The lowest BCUT2D eigenvalue weighted by Gasteiger charge is -1.89. The maximum absolute atomic E-state index is 10.1. The van der Waals surface area contributed by atoms with Gasteiger partial charge >= 0.3 is 5.97 Å². The second-order valence-corrected chi connectivity index (χ2v) is 2.32.